The number of hydrogen-bond donors (Lipinski definition) is 1. The van der Waals surface area contributed by atoms with E-state index in [-0.39, 0.29) is 23.2 Å². The Labute approximate surface area is 283 Å². The molecule has 252 valence electrons. The zero-order chi connectivity index (χ0) is 32.6. The maximum Gasteiger partial charge on any atom is 0.286 e. The molecule has 2 fully saturated rings. The molecular formula is C37H46ClN3O5S. The summed E-state index contributed by atoms with van der Waals surface area (Å²) >= 11 is 6.44. The van der Waals surface area contributed by atoms with Crippen LogP contribution in [0.2, 0.25) is 5.02 Å². The molecule has 2 bridgehead atoms. The van der Waals surface area contributed by atoms with E-state index in [1.807, 2.05) is 18.2 Å². The second-order valence-corrected chi connectivity index (χ2v) is 16.8. The summed E-state index contributed by atoms with van der Waals surface area (Å²) in [4.78, 5) is 29.0. The fraction of sp³-hybridized carbons (Fsp3) is 0.568. The fourth-order valence-electron chi connectivity index (χ4n) is 8.08. The van der Waals surface area contributed by atoms with Gasteiger partial charge >= 0.3 is 0 Å². The van der Waals surface area contributed by atoms with Crippen LogP contribution < -0.4 is 14.4 Å². The van der Waals surface area contributed by atoms with Crippen LogP contribution >= 0.6 is 11.6 Å². The Kier molecular flexibility index (Phi) is 9.42. The molecule has 0 unspecified atom stereocenters. The molecule has 1 N–H and O–H groups in total. The first-order valence-corrected chi connectivity index (χ1v) is 19.4. The molecule has 2 aromatic rings. The molecule has 2 saturated carbocycles. The van der Waals surface area contributed by atoms with Crippen molar-refractivity contribution in [2.45, 2.75) is 82.1 Å². The Morgan fingerprint density at radius 1 is 1.17 bits per heavy atom. The van der Waals surface area contributed by atoms with Crippen molar-refractivity contribution in [2.24, 2.45) is 22.1 Å². The molecule has 0 saturated heterocycles. The number of hydrogen-bond acceptors (Lipinski definition) is 6. The highest BCUT2D eigenvalue weighted by molar-refractivity contribution is 7.92. The van der Waals surface area contributed by atoms with Crippen molar-refractivity contribution in [3.05, 3.63) is 70.3 Å². The fourth-order valence-corrected chi connectivity index (χ4v) is 9.91. The second kappa shape index (κ2) is 13.6. The van der Waals surface area contributed by atoms with E-state index in [1.165, 1.54) is 11.1 Å². The Bertz CT molecular complexity index is 1680. The van der Waals surface area contributed by atoms with Gasteiger partial charge in [-0.25, -0.2) is 4.21 Å². The lowest BCUT2D eigenvalue weighted by Gasteiger charge is -2.46. The summed E-state index contributed by atoms with van der Waals surface area (Å²) in [6.45, 7) is 2.08. The second-order valence-electron chi connectivity index (χ2n) is 14.3. The number of ether oxygens (including phenoxy) is 2. The lowest BCUT2D eigenvalue weighted by atomic mass is 9.68. The van der Waals surface area contributed by atoms with Crippen LogP contribution in [0.1, 0.15) is 85.7 Å². The van der Waals surface area contributed by atoms with Crippen molar-refractivity contribution in [1.82, 2.24) is 4.72 Å². The third-order valence-electron chi connectivity index (χ3n) is 11.0. The first kappa shape index (κ1) is 32.7. The van der Waals surface area contributed by atoms with E-state index in [0.29, 0.717) is 49.2 Å². The Hall–Kier alpha value is -2.88. The third-order valence-corrected chi connectivity index (χ3v) is 13.1. The summed E-state index contributed by atoms with van der Waals surface area (Å²) in [6, 6.07) is 11.7. The largest absolute Gasteiger partial charge is 0.490 e. The maximum atomic E-state index is 14.1. The van der Waals surface area contributed by atoms with E-state index in [1.54, 1.807) is 13.2 Å². The molecule has 5 aliphatic rings. The van der Waals surface area contributed by atoms with Gasteiger partial charge in [-0.2, -0.15) is 0 Å². The Morgan fingerprint density at radius 2 is 2.04 bits per heavy atom. The van der Waals surface area contributed by atoms with Gasteiger partial charge in [0.05, 0.1) is 24.2 Å². The topological polar surface area (TPSA) is 97.3 Å². The molecule has 0 radical (unpaired) electrons. The van der Waals surface area contributed by atoms with Gasteiger partial charge < -0.3 is 14.4 Å². The van der Waals surface area contributed by atoms with Gasteiger partial charge in [0.2, 0.25) is 5.91 Å². The van der Waals surface area contributed by atoms with Gasteiger partial charge in [-0.1, -0.05) is 42.7 Å². The first-order valence-electron chi connectivity index (χ1n) is 17.3. The number of fused-ring (bicyclic) bond motifs is 4. The van der Waals surface area contributed by atoms with Crippen LogP contribution in [0.4, 0.5) is 5.69 Å². The Morgan fingerprint density at radius 3 is 2.83 bits per heavy atom. The molecular weight excluding hydrogens is 634 g/mol. The van der Waals surface area contributed by atoms with E-state index in [0.717, 1.165) is 80.9 Å². The quantitative estimate of drug-likeness (QED) is 0.341. The van der Waals surface area contributed by atoms with Crippen LogP contribution in [-0.4, -0.2) is 54.7 Å². The highest BCUT2D eigenvalue weighted by Crippen LogP contribution is 2.47. The summed E-state index contributed by atoms with van der Waals surface area (Å²) in [5, 5.41) is 0.752. The number of halogens is 1. The molecule has 47 heavy (non-hydrogen) atoms. The number of amides is 2. The summed E-state index contributed by atoms with van der Waals surface area (Å²) in [5.74, 6) is 1.32. The predicted octanol–water partition coefficient (Wildman–Crippen LogP) is 7.03. The number of aryl methyl sites for hydroxylation is 1. The standard InChI is InChI=1S/C37H46ClN3O5S/c1-45-33-7-3-2-4-19-47(44,39-35(42)17-10-25-8-9-25)40-36(43)27-12-16-34-32(21-27)41(22-28-11-14-30(28)33)23-37(24-46-34)18-5-6-26-20-29(38)13-15-31(26)37/h3,7,12-13,15-16,20-21,25,28,30,33H,2,4-6,8-11,14,17-19,22-24H2,1H3,(H,39,40,42,43,44)/b7-3+/t28-,30+,33-,37-,47+/m0/s1. The molecule has 3 aliphatic carbocycles. The average molecular weight is 680 g/mol. The van der Waals surface area contributed by atoms with E-state index in [9.17, 15) is 13.8 Å². The van der Waals surface area contributed by atoms with Gasteiger partial charge in [-0.15, -0.1) is 4.36 Å². The van der Waals surface area contributed by atoms with Crippen LogP contribution in [-0.2, 0) is 31.3 Å². The minimum atomic E-state index is -3.32. The molecule has 1 spiro atoms. The number of methoxy groups -OCH3 is 1. The summed E-state index contributed by atoms with van der Waals surface area (Å²) in [6.07, 6.45) is 14.0. The van der Waals surface area contributed by atoms with Crippen LogP contribution in [0, 0.1) is 17.8 Å². The molecule has 0 aromatic heterocycles. The first-order chi connectivity index (χ1) is 22.7. The molecule has 2 aromatic carbocycles. The number of carbonyl (C=O) groups excluding carboxylic acids is 2. The van der Waals surface area contributed by atoms with Gasteiger partial charge in [0.15, 0.2) is 0 Å². The Balaban J connectivity index is 1.26. The van der Waals surface area contributed by atoms with Gasteiger partial charge in [0.1, 0.15) is 15.7 Å². The van der Waals surface area contributed by atoms with Crippen molar-refractivity contribution in [2.75, 3.05) is 37.5 Å². The van der Waals surface area contributed by atoms with Crippen molar-refractivity contribution >= 4 is 39.0 Å². The summed E-state index contributed by atoms with van der Waals surface area (Å²) < 4.78 is 33.7. The zero-order valence-electron chi connectivity index (χ0n) is 27.3. The van der Waals surface area contributed by atoms with Crippen LogP contribution in [0.25, 0.3) is 0 Å². The van der Waals surface area contributed by atoms with Crippen molar-refractivity contribution in [3.8, 4) is 5.75 Å². The minimum absolute atomic E-state index is 0.0139. The third kappa shape index (κ3) is 7.13. The van der Waals surface area contributed by atoms with E-state index >= 15 is 0 Å². The molecule has 8 nitrogen and oxygen atoms in total. The number of rotatable bonds is 5. The molecule has 2 aliphatic heterocycles. The molecule has 10 heteroatoms. The van der Waals surface area contributed by atoms with Gasteiger partial charge in [-0.3, -0.25) is 14.3 Å². The number of anilines is 1. The van der Waals surface area contributed by atoms with Crippen LogP contribution in [0.3, 0.4) is 0 Å². The average Bonchev–Trinajstić information content (AvgIpc) is 3.88. The summed E-state index contributed by atoms with van der Waals surface area (Å²) in [7, 11) is -1.54. The number of nitrogens with zero attached hydrogens (tertiary/aromatic N) is 2. The van der Waals surface area contributed by atoms with Crippen molar-refractivity contribution in [3.63, 3.8) is 0 Å². The molecule has 2 heterocycles. The molecule has 2 amide bonds. The predicted molar refractivity (Wildman–Crippen MR) is 185 cm³/mol. The smallest absolute Gasteiger partial charge is 0.286 e. The lowest BCUT2D eigenvalue weighted by Crippen LogP contribution is -2.49. The van der Waals surface area contributed by atoms with Crippen molar-refractivity contribution < 1.29 is 23.3 Å². The SMILES string of the molecule is CO[C@H]1/C=C/CCC[S@@](=O)(NC(=O)CCC2CC2)=NC(=O)c2ccc3c(c2)N(C[C@@H]2CC[C@H]21)C[C@@]1(CCCc2cc(Cl)ccc21)CO3. The van der Waals surface area contributed by atoms with Crippen molar-refractivity contribution in [1.29, 1.82) is 0 Å². The number of allylic oxidation sites excluding steroid dienone is 1. The van der Waals surface area contributed by atoms with E-state index in [4.69, 9.17) is 21.1 Å². The van der Waals surface area contributed by atoms with Gasteiger partial charge in [0.25, 0.3) is 5.91 Å². The maximum absolute atomic E-state index is 14.1. The van der Waals surface area contributed by atoms with Crippen LogP contribution in [0.15, 0.2) is 52.9 Å². The van der Waals surface area contributed by atoms with Crippen LogP contribution in [0.5, 0.6) is 5.75 Å². The lowest BCUT2D eigenvalue weighted by molar-refractivity contribution is -0.119. The van der Waals surface area contributed by atoms with E-state index in [2.05, 4.69) is 38.3 Å². The normalized spacial score (nSPS) is 31.3. The molecule has 5 atom stereocenters. The number of nitrogens with one attached hydrogen (secondary N) is 1. The number of carbonyl (C=O) groups is 2. The molecule has 7 rings (SSSR count). The zero-order valence-corrected chi connectivity index (χ0v) is 28.8. The van der Waals surface area contributed by atoms with Gasteiger partial charge in [-0.05, 0) is 111 Å². The summed E-state index contributed by atoms with van der Waals surface area (Å²) in [5.41, 5.74) is 3.54. The van der Waals surface area contributed by atoms with Gasteiger partial charge in [0, 0.05) is 42.6 Å². The van der Waals surface area contributed by atoms with E-state index < -0.39 is 15.8 Å². The monoisotopic (exact) mass is 679 g/mol. The highest BCUT2D eigenvalue weighted by atomic mass is 35.5. The minimum Gasteiger partial charge on any atom is -0.490 e. The number of benzene rings is 2. The highest BCUT2D eigenvalue weighted by Gasteiger charge is 2.44.